The van der Waals surface area contributed by atoms with Gasteiger partial charge >= 0.3 is 0 Å². The van der Waals surface area contributed by atoms with Crippen LogP contribution >= 0.6 is 0 Å². The Morgan fingerprint density at radius 1 is 1.50 bits per heavy atom. The van der Waals surface area contributed by atoms with Crippen LogP contribution in [0.5, 0.6) is 0 Å². The van der Waals surface area contributed by atoms with Gasteiger partial charge in [-0.1, -0.05) is 0 Å². The molecule has 0 heterocycles. The predicted octanol–water partition coefficient (Wildman–Crippen LogP) is 1.10. The molecule has 1 aliphatic rings. The summed E-state index contributed by atoms with van der Waals surface area (Å²) in [5, 5.41) is 17.8. The van der Waals surface area contributed by atoms with E-state index in [-0.39, 0.29) is 6.61 Å². The Hall–Kier alpha value is -1.73. The van der Waals surface area contributed by atoms with E-state index < -0.39 is 0 Å². The van der Waals surface area contributed by atoms with E-state index in [1.807, 2.05) is 18.2 Å². The Labute approximate surface area is 94.9 Å². The molecule has 2 rings (SSSR count). The van der Waals surface area contributed by atoms with Crippen LogP contribution < -0.4 is 10.6 Å². The molecule has 16 heavy (non-hydrogen) atoms. The fourth-order valence-corrected chi connectivity index (χ4v) is 1.85. The van der Waals surface area contributed by atoms with E-state index in [0.717, 1.165) is 5.69 Å². The van der Waals surface area contributed by atoms with Crippen LogP contribution in [0.15, 0.2) is 18.2 Å². The highest BCUT2D eigenvalue weighted by Gasteiger charge is 2.28. The SMILES string of the molecule is N#Cc1ccc(N(CCO)C2CC2)cc1N. The number of aliphatic hydroxyl groups is 1. The summed E-state index contributed by atoms with van der Waals surface area (Å²) in [6.07, 6.45) is 2.33. The fourth-order valence-electron chi connectivity index (χ4n) is 1.85. The van der Waals surface area contributed by atoms with Gasteiger partial charge in [-0.15, -0.1) is 0 Å². The summed E-state index contributed by atoms with van der Waals surface area (Å²) < 4.78 is 0. The molecule has 4 nitrogen and oxygen atoms in total. The molecular weight excluding hydrogens is 202 g/mol. The monoisotopic (exact) mass is 217 g/mol. The van der Waals surface area contributed by atoms with Crippen molar-refractivity contribution >= 4 is 11.4 Å². The van der Waals surface area contributed by atoms with Crippen molar-refractivity contribution < 1.29 is 5.11 Å². The number of hydrogen-bond acceptors (Lipinski definition) is 4. The lowest BCUT2D eigenvalue weighted by Crippen LogP contribution is -2.28. The first kappa shape index (κ1) is 10.8. The number of aliphatic hydroxyl groups excluding tert-OH is 1. The highest BCUT2D eigenvalue weighted by molar-refractivity contribution is 5.64. The predicted molar refractivity (Wildman–Crippen MR) is 63.0 cm³/mol. The highest BCUT2D eigenvalue weighted by Crippen LogP contribution is 2.32. The van der Waals surface area contributed by atoms with Gasteiger partial charge in [-0.25, -0.2) is 0 Å². The third-order valence-corrected chi connectivity index (χ3v) is 2.82. The van der Waals surface area contributed by atoms with Gasteiger partial charge in [0.1, 0.15) is 6.07 Å². The van der Waals surface area contributed by atoms with Crippen molar-refractivity contribution in [1.82, 2.24) is 0 Å². The normalized spacial score (nSPS) is 14.5. The Kier molecular flexibility index (Phi) is 2.97. The number of rotatable bonds is 4. The minimum atomic E-state index is 0.135. The van der Waals surface area contributed by atoms with E-state index in [1.165, 1.54) is 12.8 Å². The molecule has 4 heteroatoms. The summed E-state index contributed by atoms with van der Waals surface area (Å²) in [5.41, 5.74) is 7.77. The molecule has 84 valence electrons. The Morgan fingerprint density at radius 3 is 2.75 bits per heavy atom. The van der Waals surface area contributed by atoms with Crippen LogP contribution in [-0.2, 0) is 0 Å². The van der Waals surface area contributed by atoms with Gasteiger partial charge in [0.2, 0.25) is 0 Å². The summed E-state index contributed by atoms with van der Waals surface area (Å²) in [7, 11) is 0. The average Bonchev–Trinajstić information content (AvgIpc) is 3.09. The molecule has 1 aliphatic carbocycles. The Bertz CT molecular complexity index is 421. The maximum Gasteiger partial charge on any atom is 0.101 e. The second-order valence-corrected chi connectivity index (χ2v) is 4.03. The average molecular weight is 217 g/mol. The van der Waals surface area contributed by atoms with E-state index in [0.29, 0.717) is 23.8 Å². The van der Waals surface area contributed by atoms with Crippen LogP contribution in [0.4, 0.5) is 11.4 Å². The molecule has 1 fully saturated rings. The van der Waals surface area contributed by atoms with E-state index in [2.05, 4.69) is 4.90 Å². The topological polar surface area (TPSA) is 73.3 Å². The fraction of sp³-hybridized carbons (Fsp3) is 0.417. The highest BCUT2D eigenvalue weighted by atomic mass is 16.3. The van der Waals surface area contributed by atoms with Gasteiger partial charge in [0.15, 0.2) is 0 Å². The minimum absolute atomic E-state index is 0.135. The van der Waals surface area contributed by atoms with Gasteiger partial charge < -0.3 is 15.7 Å². The van der Waals surface area contributed by atoms with Gasteiger partial charge in [-0.2, -0.15) is 5.26 Å². The molecule has 0 unspecified atom stereocenters. The summed E-state index contributed by atoms with van der Waals surface area (Å²) in [6, 6.07) is 8.01. The zero-order valence-electron chi connectivity index (χ0n) is 9.06. The lowest BCUT2D eigenvalue weighted by Gasteiger charge is -2.24. The zero-order chi connectivity index (χ0) is 11.5. The van der Waals surface area contributed by atoms with E-state index >= 15 is 0 Å². The molecule has 0 spiro atoms. The van der Waals surface area contributed by atoms with Crippen LogP contribution in [0, 0.1) is 11.3 Å². The molecule has 1 aromatic rings. The molecule has 3 N–H and O–H groups in total. The minimum Gasteiger partial charge on any atom is -0.398 e. The quantitative estimate of drug-likeness (QED) is 0.741. The number of nitriles is 1. The second kappa shape index (κ2) is 4.42. The lowest BCUT2D eigenvalue weighted by atomic mass is 10.1. The number of nitrogens with two attached hydrogens (primary N) is 1. The van der Waals surface area contributed by atoms with Crippen molar-refractivity contribution in [3.05, 3.63) is 23.8 Å². The number of anilines is 2. The molecule has 1 saturated carbocycles. The summed E-state index contributed by atoms with van der Waals surface area (Å²) >= 11 is 0. The molecular formula is C12H15N3O. The summed E-state index contributed by atoms with van der Waals surface area (Å²) in [4.78, 5) is 2.15. The first-order valence-corrected chi connectivity index (χ1v) is 5.43. The number of benzene rings is 1. The third-order valence-electron chi connectivity index (χ3n) is 2.82. The van der Waals surface area contributed by atoms with Crippen molar-refractivity contribution in [3.8, 4) is 6.07 Å². The van der Waals surface area contributed by atoms with Crippen LogP contribution in [0.1, 0.15) is 18.4 Å². The summed E-state index contributed by atoms with van der Waals surface area (Å²) in [5.74, 6) is 0. The zero-order valence-corrected chi connectivity index (χ0v) is 9.06. The van der Waals surface area contributed by atoms with Crippen LogP contribution in [0.2, 0.25) is 0 Å². The van der Waals surface area contributed by atoms with E-state index in [1.54, 1.807) is 6.07 Å². The molecule has 0 bridgehead atoms. The number of nitrogen functional groups attached to an aromatic ring is 1. The first-order valence-electron chi connectivity index (χ1n) is 5.43. The van der Waals surface area contributed by atoms with Gasteiger partial charge in [0, 0.05) is 18.3 Å². The first-order chi connectivity index (χ1) is 7.76. The van der Waals surface area contributed by atoms with E-state index in [4.69, 9.17) is 16.1 Å². The molecule has 1 aromatic carbocycles. The number of nitrogens with zero attached hydrogens (tertiary/aromatic N) is 2. The molecule has 0 radical (unpaired) electrons. The van der Waals surface area contributed by atoms with Crippen molar-refractivity contribution in [2.45, 2.75) is 18.9 Å². The van der Waals surface area contributed by atoms with Gasteiger partial charge in [-0.05, 0) is 31.0 Å². The maximum atomic E-state index is 9.02. The second-order valence-electron chi connectivity index (χ2n) is 4.03. The van der Waals surface area contributed by atoms with Gasteiger partial charge in [-0.3, -0.25) is 0 Å². The molecule has 0 saturated heterocycles. The van der Waals surface area contributed by atoms with Crippen molar-refractivity contribution in [1.29, 1.82) is 5.26 Å². The van der Waals surface area contributed by atoms with Crippen molar-refractivity contribution in [3.63, 3.8) is 0 Å². The van der Waals surface area contributed by atoms with Crippen LogP contribution in [-0.4, -0.2) is 24.3 Å². The lowest BCUT2D eigenvalue weighted by molar-refractivity contribution is 0.301. The molecule has 0 aliphatic heterocycles. The van der Waals surface area contributed by atoms with Gasteiger partial charge in [0.05, 0.1) is 17.9 Å². The maximum absolute atomic E-state index is 9.02. The summed E-state index contributed by atoms with van der Waals surface area (Å²) in [6.45, 7) is 0.756. The molecule has 0 amide bonds. The van der Waals surface area contributed by atoms with Crippen LogP contribution in [0.3, 0.4) is 0 Å². The Balaban J connectivity index is 2.24. The Morgan fingerprint density at radius 2 is 2.25 bits per heavy atom. The third kappa shape index (κ3) is 2.10. The van der Waals surface area contributed by atoms with Gasteiger partial charge in [0.25, 0.3) is 0 Å². The van der Waals surface area contributed by atoms with Crippen molar-refractivity contribution in [2.24, 2.45) is 0 Å². The smallest absolute Gasteiger partial charge is 0.101 e. The van der Waals surface area contributed by atoms with Crippen molar-refractivity contribution in [2.75, 3.05) is 23.8 Å². The molecule has 0 atom stereocenters. The number of hydrogen-bond donors (Lipinski definition) is 2. The standard InChI is InChI=1S/C12H15N3O/c13-8-9-1-2-11(7-12(9)14)15(5-6-16)10-3-4-10/h1-2,7,10,16H,3-6,14H2. The largest absolute Gasteiger partial charge is 0.398 e. The van der Waals surface area contributed by atoms with Crippen LogP contribution in [0.25, 0.3) is 0 Å². The molecule has 0 aromatic heterocycles. The van der Waals surface area contributed by atoms with E-state index in [9.17, 15) is 0 Å².